The van der Waals surface area contributed by atoms with Crippen molar-refractivity contribution in [3.63, 3.8) is 0 Å². The third-order valence-electron chi connectivity index (χ3n) is 6.02. The van der Waals surface area contributed by atoms with Crippen LogP contribution in [-0.4, -0.2) is 70.3 Å². The summed E-state index contributed by atoms with van der Waals surface area (Å²) in [4.78, 5) is 17.0. The summed E-state index contributed by atoms with van der Waals surface area (Å²) in [6.07, 6.45) is -3.66. The summed E-state index contributed by atoms with van der Waals surface area (Å²) in [5.74, 6) is 2.26. The summed E-state index contributed by atoms with van der Waals surface area (Å²) in [5, 5.41) is 7.21. The van der Waals surface area contributed by atoms with E-state index >= 15 is 0 Å². The van der Waals surface area contributed by atoms with Gasteiger partial charge in [-0.2, -0.15) is 24.9 Å². The Bertz CT molecular complexity index is 913. The Morgan fingerprint density at radius 3 is 2.50 bits per heavy atom. The Labute approximate surface area is 189 Å². The fourth-order valence-electron chi connectivity index (χ4n) is 4.37. The maximum atomic E-state index is 13.2. The van der Waals surface area contributed by atoms with Crippen molar-refractivity contribution in [3.8, 4) is 5.88 Å². The van der Waals surface area contributed by atoms with Gasteiger partial charge in [-0.15, -0.1) is 5.10 Å². The molecule has 2 amide bonds. The fourth-order valence-corrected chi connectivity index (χ4v) is 5.27. The fraction of sp³-hybridized carbons (Fsp3) is 0.545. The van der Waals surface area contributed by atoms with Gasteiger partial charge < -0.3 is 14.5 Å². The quantitative estimate of drug-likeness (QED) is 0.714. The third kappa shape index (κ3) is 5.16. The lowest BCUT2D eigenvalue weighted by Crippen LogP contribution is -2.51. The molecule has 2 aliphatic rings. The summed E-state index contributed by atoms with van der Waals surface area (Å²) >= 11 is 1.84. The molecule has 1 aromatic carbocycles. The van der Waals surface area contributed by atoms with Crippen molar-refractivity contribution in [1.82, 2.24) is 20.0 Å². The summed E-state index contributed by atoms with van der Waals surface area (Å²) in [6, 6.07) is 7.16. The number of benzene rings is 1. The van der Waals surface area contributed by atoms with Gasteiger partial charge in [0.15, 0.2) is 0 Å². The molecular formula is C22H27F3N4O2S. The number of alkyl halides is 3. The van der Waals surface area contributed by atoms with Crippen LogP contribution in [0.15, 0.2) is 30.3 Å². The lowest BCUT2D eigenvalue weighted by molar-refractivity contribution is -0.137. The van der Waals surface area contributed by atoms with Crippen LogP contribution in [0.3, 0.4) is 0 Å². The number of aromatic amines is 1. The van der Waals surface area contributed by atoms with Gasteiger partial charge in [0, 0.05) is 61.3 Å². The molecule has 0 bridgehead atoms. The van der Waals surface area contributed by atoms with E-state index in [2.05, 4.69) is 10.2 Å². The molecule has 0 aliphatic carbocycles. The number of carbonyl (C=O) groups excluding carboxylic acids is 1. The highest BCUT2D eigenvalue weighted by Gasteiger charge is 2.36. The first-order valence-electron chi connectivity index (χ1n) is 10.8. The molecule has 2 unspecified atom stereocenters. The first kappa shape index (κ1) is 22.8. The highest BCUT2D eigenvalue weighted by molar-refractivity contribution is 7.99. The maximum absolute atomic E-state index is 13.2. The molecule has 1 N–H and O–H groups in total. The number of aromatic nitrogens is 2. The Morgan fingerprint density at radius 1 is 1.16 bits per heavy atom. The van der Waals surface area contributed by atoms with Crippen LogP contribution >= 0.6 is 11.8 Å². The van der Waals surface area contributed by atoms with E-state index in [4.69, 9.17) is 4.74 Å². The number of ether oxygens (including phenoxy) is 1. The molecule has 10 heteroatoms. The zero-order valence-electron chi connectivity index (χ0n) is 17.9. The summed E-state index contributed by atoms with van der Waals surface area (Å²) in [7, 11) is 0. The normalized spacial score (nSPS) is 22.1. The lowest BCUT2D eigenvalue weighted by Gasteiger charge is -2.41. The molecule has 2 aromatic rings. The van der Waals surface area contributed by atoms with Crippen molar-refractivity contribution in [1.29, 1.82) is 0 Å². The molecule has 2 saturated heterocycles. The number of hydrogen-bond acceptors (Lipinski definition) is 4. The number of piperidine rings is 1. The standard InChI is InChI=1S/C22H27F3N4O2S/c1-2-31-20-12-19(26-27-20)17-11-16(15-3-5-18(6-4-15)22(23,24)25)13-29(14-17)21(30)28-7-9-32-10-8-28/h3-6,12,16-17H,2,7-11,13-14H2,1H3,(H,26,27). The molecule has 174 valence electrons. The summed E-state index contributed by atoms with van der Waals surface area (Å²) in [5.41, 5.74) is 1.01. The van der Waals surface area contributed by atoms with E-state index in [9.17, 15) is 18.0 Å². The van der Waals surface area contributed by atoms with Crippen LogP contribution in [0.5, 0.6) is 5.88 Å². The average molecular weight is 469 g/mol. The summed E-state index contributed by atoms with van der Waals surface area (Å²) < 4.78 is 44.5. The van der Waals surface area contributed by atoms with Gasteiger partial charge >= 0.3 is 12.2 Å². The first-order valence-corrected chi connectivity index (χ1v) is 12.0. The van der Waals surface area contributed by atoms with Gasteiger partial charge in [0.05, 0.1) is 12.2 Å². The zero-order chi connectivity index (χ0) is 22.7. The van der Waals surface area contributed by atoms with Gasteiger partial charge in [0.25, 0.3) is 0 Å². The highest BCUT2D eigenvalue weighted by atomic mass is 32.2. The SMILES string of the molecule is CCOc1cc(C2CC(c3ccc(C(F)(F)F)cc3)CN(C(=O)N3CCSCC3)C2)[nH]n1. The van der Waals surface area contributed by atoms with Crippen LogP contribution in [-0.2, 0) is 6.18 Å². The van der Waals surface area contributed by atoms with Crippen LogP contribution in [0, 0.1) is 0 Å². The monoisotopic (exact) mass is 468 g/mol. The van der Waals surface area contributed by atoms with E-state index in [1.54, 1.807) is 0 Å². The molecule has 2 aliphatic heterocycles. The highest BCUT2D eigenvalue weighted by Crippen LogP contribution is 2.38. The molecule has 2 atom stereocenters. The van der Waals surface area contributed by atoms with Crippen molar-refractivity contribution < 1.29 is 22.7 Å². The number of halogens is 3. The number of nitrogens with one attached hydrogen (secondary N) is 1. The lowest BCUT2D eigenvalue weighted by atomic mass is 9.83. The smallest absolute Gasteiger partial charge is 0.416 e. The number of urea groups is 1. The maximum Gasteiger partial charge on any atom is 0.416 e. The third-order valence-corrected chi connectivity index (χ3v) is 6.96. The van der Waals surface area contributed by atoms with Crippen LogP contribution in [0.2, 0.25) is 0 Å². The van der Waals surface area contributed by atoms with Crippen molar-refractivity contribution in [2.75, 3.05) is 44.3 Å². The Morgan fingerprint density at radius 2 is 1.84 bits per heavy atom. The van der Waals surface area contributed by atoms with Gasteiger partial charge in [-0.3, -0.25) is 5.10 Å². The van der Waals surface area contributed by atoms with Crippen molar-refractivity contribution >= 4 is 17.8 Å². The molecular weight excluding hydrogens is 441 g/mol. The minimum Gasteiger partial charge on any atom is -0.477 e. The van der Waals surface area contributed by atoms with Crippen LogP contribution < -0.4 is 4.74 Å². The van der Waals surface area contributed by atoms with E-state index in [0.29, 0.717) is 45.1 Å². The molecule has 4 rings (SSSR count). The minimum atomic E-state index is -4.37. The van der Waals surface area contributed by atoms with Crippen molar-refractivity contribution in [3.05, 3.63) is 47.2 Å². The van der Waals surface area contributed by atoms with Crippen LogP contribution in [0.4, 0.5) is 18.0 Å². The van der Waals surface area contributed by atoms with Gasteiger partial charge in [-0.05, 0) is 31.0 Å². The summed E-state index contributed by atoms with van der Waals surface area (Å²) in [6.45, 7) is 4.83. The predicted octanol–water partition coefficient (Wildman–Crippen LogP) is 4.57. The number of hydrogen-bond donors (Lipinski definition) is 1. The average Bonchev–Trinajstić information content (AvgIpc) is 3.27. The van der Waals surface area contributed by atoms with E-state index in [1.807, 2.05) is 34.6 Å². The topological polar surface area (TPSA) is 61.5 Å². The van der Waals surface area contributed by atoms with Crippen molar-refractivity contribution in [2.45, 2.75) is 31.4 Å². The molecule has 3 heterocycles. The first-order chi connectivity index (χ1) is 15.3. The molecule has 2 fully saturated rings. The number of thioether (sulfide) groups is 1. The molecule has 0 saturated carbocycles. The van der Waals surface area contributed by atoms with E-state index in [1.165, 1.54) is 12.1 Å². The van der Waals surface area contributed by atoms with Gasteiger partial charge in [0.2, 0.25) is 5.88 Å². The van der Waals surface area contributed by atoms with Crippen LogP contribution in [0.1, 0.15) is 42.0 Å². The number of amides is 2. The van der Waals surface area contributed by atoms with E-state index < -0.39 is 11.7 Å². The predicted molar refractivity (Wildman–Crippen MR) is 117 cm³/mol. The van der Waals surface area contributed by atoms with Gasteiger partial charge in [-0.25, -0.2) is 4.79 Å². The van der Waals surface area contributed by atoms with E-state index in [0.717, 1.165) is 34.9 Å². The Balaban J connectivity index is 1.57. The minimum absolute atomic E-state index is 0.00328. The van der Waals surface area contributed by atoms with Crippen LogP contribution in [0.25, 0.3) is 0 Å². The second-order valence-corrected chi connectivity index (χ2v) is 9.36. The number of carbonyl (C=O) groups is 1. The van der Waals surface area contributed by atoms with Crippen molar-refractivity contribution in [2.24, 2.45) is 0 Å². The molecule has 0 spiro atoms. The molecule has 0 radical (unpaired) electrons. The van der Waals surface area contributed by atoms with Gasteiger partial charge in [-0.1, -0.05) is 12.1 Å². The molecule has 1 aromatic heterocycles. The second-order valence-electron chi connectivity index (χ2n) is 8.13. The number of nitrogens with zero attached hydrogens (tertiary/aromatic N) is 3. The Hall–Kier alpha value is -2.36. The number of rotatable bonds is 4. The zero-order valence-corrected chi connectivity index (χ0v) is 18.7. The Kier molecular flexibility index (Phi) is 6.88. The number of likely N-dealkylation sites (tertiary alicyclic amines) is 1. The molecule has 6 nitrogen and oxygen atoms in total. The van der Waals surface area contributed by atoms with Gasteiger partial charge in [0.1, 0.15) is 0 Å². The molecule has 32 heavy (non-hydrogen) atoms. The van der Waals surface area contributed by atoms with E-state index in [-0.39, 0.29) is 17.9 Å². The second kappa shape index (κ2) is 9.64. The largest absolute Gasteiger partial charge is 0.477 e. The number of H-pyrrole nitrogens is 1.